The highest BCUT2D eigenvalue weighted by Crippen LogP contribution is 2.43. The molecule has 2 aromatic rings. The van der Waals surface area contributed by atoms with Gasteiger partial charge in [-0.1, -0.05) is 50.6 Å². The summed E-state index contributed by atoms with van der Waals surface area (Å²) < 4.78 is 5.48. The van der Waals surface area contributed by atoms with Gasteiger partial charge in [-0.15, -0.1) is 0 Å². The van der Waals surface area contributed by atoms with Crippen molar-refractivity contribution in [2.24, 2.45) is 5.92 Å². The minimum absolute atomic E-state index is 0.0444. The zero-order valence-electron chi connectivity index (χ0n) is 25.2. The van der Waals surface area contributed by atoms with Crippen LogP contribution in [-0.4, -0.2) is 56.7 Å². The van der Waals surface area contributed by atoms with Crippen molar-refractivity contribution in [3.8, 4) is 11.5 Å². The Hall–Kier alpha value is -3.75. The van der Waals surface area contributed by atoms with Crippen LogP contribution in [0.1, 0.15) is 83.5 Å². The van der Waals surface area contributed by atoms with Gasteiger partial charge in [-0.05, 0) is 76.6 Å². The number of carbonyl (C=O) groups excluding carboxylic acids is 3. The summed E-state index contributed by atoms with van der Waals surface area (Å²) in [6, 6.07) is 8.98. The number of benzene rings is 2. The van der Waals surface area contributed by atoms with Crippen molar-refractivity contribution >= 4 is 17.9 Å². The molecule has 5 unspecified atom stereocenters. The highest BCUT2D eigenvalue weighted by molar-refractivity contribution is 5.93. The predicted octanol–water partition coefficient (Wildman–Crippen LogP) is 5.13. The van der Waals surface area contributed by atoms with Crippen LogP contribution < -0.4 is 10.6 Å². The Morgan fingerprint density at radius 2 is 1.71 bits per heavy atom. The summed E-state index contributed by atoms with van der Waals surface area (Å²) in [4.78, 5) is 42.9. The molecule has 1 fully saturated rings. The number of amides is 3. The molecule has 4 N–H and O–H groups in total. The first-order valence-corrected chi connectivity index (χ1v) is 14.4. The second-order valence-corrected chi connectivity index (χ2v) is 12.2. The van der Waals surface area contributed by atoms with Gasteiger partial charge < -0.3 is 30.5 Å². The summed E-state index contributed by atoms with van der Waals surface area (Å²) in [6.45, 7) is 12.9. The Bertz CT molecular complexity index is 1220. The standard InChI is InChI=1S/C32H45N3O6/c1-8-10-21(4)33-29(38)27(24-12-9-11-19(2)28(24)37)35(26-17-20(26)3)30(39)25(34-31(40)41-32(5,6)7)18-22-13-15-23(36)16-14-22/h9,11-16,20-21,25-27,36-37H,8,10,17-18H2,1-7H3,(H,33,38)(H,34,40). The molecule has 0 bridgehead atoms. The lowest BCUT2D eigenvalue weighted by Crippen LogP contribution is -2.55. The van der Waals surface area contributed by atoms with Gasteiger partial charge in [-0.25, -0.2) is 4.79 Å². The van der Waals surface area contributed by atoms with Crippen LogP contribution in [0.4, 0.5) is 4.79 Å². The molecule has 5 atom stereocenters. The van der Waals surface area contributed by atoms with Gasteiger partial charge in [0.15, 0.2) is 0 Å². The van der Waals surface area contributed by atoms with E-state index < -0.39 is 29.7 Å². The summed E-state index contributed by atoms with van der Waals surface area (Å²) >= 11 is 0. The van der Waals surface area contributed by atoms with Crippen LogP contribution in [0.3, 0.4) is 0 Å². The normalized spacial score (nSPS) is 18.5. The summed E-state index contributed by atoms with van der Waals surface area (Å²) in [5.74, 6) is -0.678. The fraction of sp³-hybridized carbons (Fsp3) is 0.531. The summed E-state index contributed by atoms with van der Waals surface area (Å²) in [5, 5.41) is 26.6. The number of alkyl carbamates (subject to hydrolysis) is 1. The summed E-state index contributed by atoms with van der Waals surface area (Å²) in [6.07, 6.45) is 1.67. The second-order valence-electron chi connectivity index (χ2n) is 12.2. The molecule has 1 saturated carbocycles. The fourth-order valence-electron chi connectivity index (χ4n) is 5.02. The zero-order valence-corrected chi connectivity index (χ0v) is 25.2. The number of phenolic OH excluding ortho intramolecular Hbond substituents is 2. The largest absolute Gasteiger partial charge is 0.508 e. The van der Waals surface area contributed by atoms with Crippen LogP contribution >= 0.6 is 0 Å². The minimum Gasteiger partial charge on any atom is -0.508 e. The molecule has 0 heterocycles. The molecule has 0 radical (unpaired) electrons. The fourth-order valence-corrected chi connectivity index (χ4v) is 5.02. The number of nitrogens with zero attached hydrogens (tertiary/aromatic N) is 1. The smallest absolute Gasteiger partial charge is 0.408 e. The van der Waals surface area contributed by atoms with E-state index in [9.17, 15) is 24.6 Å². The van der Waals surface area contributed by atoms with Gasteiger partial charge >= 0.3 is 6.09 Å². The molecule has 3 rings (SSSR count). The monoisotopic (exact) mass is 567 g/mol. The van der Waals surface area contributed by atoms with Gasteiger partial charge in [-0.2, -0.15) is 0 Å². The number of phenols is 2. The Labute approximate surface area is 243 Å². The Balaban J connectivity index is 2.08. The highest BCUT2D eigenvalue weighted by Gasteiger charge is 2.49. The molecule has 0 saturated heterocycles. The molecule has 2 aromatic carbocycles. The van der Waals surface area contributed by atoms with E-state index in [0.29, 0.717) is 23.1 Å². The van der Waals surface area contributed by atoms with Crippen molar-refractivity contribution in [2.75, 3.05) is 0 Å². The average Bonchev–Trinajstić information content (AvgIpc) is 3.59. The van der Waals surface area contributed by atoms with Crippen molar-refractivity contribution in [1.29, 1.82) is 0 Å². The third-order valence-corrected chi connectivity index (χ3v) is 7.24. The van der Waals surface area contributed by atoms with Crippen LogP contribution in [0, 0.1) is 12.8 Å². The van der Waals surface area contributed by atoms with Crippen LogP contribution in [0.5, 0.6) is 11.5 Å². The molecule has 224 valence electrons. The SMILES string of the molecule is CCCC(C)NC(=O)C(c1cccc(C)c1O)N(C(=O)C(Cc1ccc(O)cc1)NC(=O)OC(C)(C)C)C1CC1C. The lowest BCUT2D eigenvalue weighted by Gasteiger charge is -2.36. The average molecular weight is 568 g/mol. The van der Waals surface area contributed by atoms with E-state index in [-0.39, 0.29) is 41.8 Å². The van der Waals surface area contributed by atoms with Crippen molar-refractivity contribution in [3.63, 3.8) is 0 Å². The second kappa shape index (κ2) is 13.3. The lowest BCUT2D eigenvalue weighted by atomic mass is 9.97. The molecule has 3 amide bonds. The number of aromatic hydroxyl groups is 2. The van der Waals surface area contributed by atoms with E-state index in [1.165, 1.54) is 17.0 Å². The Kier molecular flexibility index (Phi) is 10.3. The van der Waals surface area contributed by atoms with E-state index in [2.05, 4.69) is 10.6 Å². The molecule has 1 aliphatic rings. The maximum atomic E-state index is 14.5. The Morgan fingerprint density at radius 3 is 2.27 bits per heavy atom. The number of aryl methyl sites for hydroxylation is 1. The molecule has 0 spiro atoms. The lowest BCUT2D eigenvalue weighted by molar-refractivity contribution is -0.143. The number of para-hydroxylation sites is 1. The van der Waals surface area contributed by atoms with Crippen LogP contribution in [-0.2, 0) is 20.7 Å². The third-order valence-electron chi connectivity index (χ3n) is 7.24. The molecular weight excluding hydrogens is 522 g/mol. The number of hydrogen-bond acceptors (Lipinski definition) is 6. The maximum absolute atomic E-state index is 14.5. The zero-order chi connectivity index (χ0) is 30.5. The number of rotatable bonds is 11. The van der Waals surface area contributed by atoms with E-state index in [1.807, 2.05) is 20.8 Å². The number of nitrogens with one attached hydrogen (secondary N) is 2. The first-order chi connectivity index (χ1) is 19.2. The van der Waals surface area contributed by atoms with Crippen molar-refractivity contribution in [3.05, 3.63) is 59.2 Å². The van der Waals surface area contributed by atoms with Gasteiger partial charge in [0, 0.05) is 24.1 Å². The third kappa shape index (κ3) is 8.62. The van der Waals surface area contributed by atoms with Crippen molar-refractivity contribution in [1.82, 2.24) is 15.5 Å². The number of ether oxygens (including phenoxy) is 1. The van der Waals surface area contributed by atoms with Crippen molar-refractivity contribution in [2.45, 2.75) is 104 Å². The van der Waals surface area contributed by atoms with Gasteiger partial charge in [0.2, 0.25) is 11.8 Å². The molecule has 9 nitrogen and oxygen atoms in total. The first kappa shape index (κ1) is 31.8. The number of carbonyl (C=O) groups is 3. The van der Waals surface area contributed by atoms with E-state index >= 15 is 0 Å². The van der Waals surface area contributed by atoms with E-state index in [0.717, 1.165) is 12.8 Å². The van der Waals surface area contributed by atoms with E-state index in [4.69, 9.17) is 4.74 Å². The topological polar surface area (TPSA) is 128 Å². The minimum atomic E-state index is -1.11. The van der Waals surface area contributed by atoms with Gasteiger partial charge in [0.1, 0.15) is 29.2 Å². The molecular formula is C32H45N3O6. The quantitative estimate of drug-likeness (QED) is 0.298. The van der Waals surface area contributed by atoms with Crippen molar-refractivity contribution < 1.29 is 29.3 Å². The van der Waals surface area contributed by atoms with Gasteiger partial charge in [0.05, 0.1) is 0 Å². The number of hydrogen-bond donors (Lipinski definition) is 4. The maximum Gasteiger partial charge on any atom is 0.408 e. The summed E-state index contributed by atoms with van der Waals surface area (Å²) in [7, 11) is 0. The Morgan fingerprint density at radius 1 is 1.07 bits per heavy atom. The molecule has 9 heteroatoms. The molecule has 41 heavy (non-hydrogen) atoms. The van der Waals surface area contributed by atoms with E-state index in [1.54, 1.807) is 58.0 Å². The molecule has 0 aliphatic heterocycles. The van der Waals surface area contributed by atoms with Crippen LogP contribution in [0.15, 0.2) is 42.5 Å². The predicted molar refractivity (Wildman–Crippen MR) is 157 cm³/mol. The first-order valence-electron chi connectivity index (χ1n) is 14.4. The van der Waals surface area contributed by atoms with Gasteiger partial charge in [-0.3, -0.25) is 9.59 Å². The molecule has 0 aromatic heterocycles. The summed E-state index contributed by atoms with van der Waals surface area (Å²) in [5.41, 5.74) is 0.841. The van der Waals surface area contributed by atoms with Crippen LogP contribution in [0.25, 0.3) is 0 Å². The highest BCUT2D eigenvalue weighted by atomic mass is 16.6. The van der Waals surface area contributed by atoms with Gasteiger partial charge in [0.25, 0.3) is 0 Å². The molecule has 1 aliphatic carbocycles. The van der Waals surface area contributed by atoms with Crippen LogP contribution in [0.2, 0.25) is 0 Å².